The molecule has 0 radical (unpaired) electrons. The van der Waals surface area contributed by atoms with Crippen molar-refractivity contribution in [3.05, 3.63) is 57.1 Å². The lowest BCUT2D eigenvalue weighted by atomic mass is 10.0. The van der Waals surface area contributed by atoms with Gasteiger partial charge < -0.3 is 14.4 Å². The Morgan fingerprint density at radius 3 is 2.30 bits per heavy atom. The van der Waals surface area contributed by atoms with E-state index in [9.17, 15) is 18.0 Å². The second-order valence-corrected chi connectivity index (χ2v) is 13.5. The molecule has 0 spiro atoms. The monoisotopic (exact) mass is 594 g/mol. The summed E-state index contributed by atoms with van der Waals surface area (Å²) in [5.74, 6) is 0. The van der Waals surface area contributed by atoms with Crippen molar-refractivity contribution in [3.8, 4) is 0 Å². The second-order valence-electron chi connectivity index (χ2n) is 10.4. The van der Waals surface area contributed by atoms with Crippen LogP contribution in [0, 0.1) is 13.8 Å². The highest BCUT2D eigenvalue weighted by molar-refractivity contribution is 9.10. The molecule has 0 heterocycles. The zero-order valence-corrected chi connectivity index (χ0v) is 24.6. The standard InChI is InChI=1S/C27H35BrN2O6S/c1-17-13-20(28)14-18(2)23(17)11-12-35-25(31)29-21-7-10-24(37(33,34)22-8-9-22)19(15-21)16-30(6)26(32)36-27(3,4)5/h7,10,13-15,22H,8-9,11-12,16H2,1-6H3,(H,29,31). The SMILES string of the molecule is Cc1cc(Br)cc(C)c1CCOC(=O)Nc1ccc(S(=O)(=O)C2CC2)c(CN(C)C(=O)OC(C)(C)C)c1. The quantitative estimate of drug-likeness (QED) is 0.392. The highest BCUT2D eigenvalue weighted by atomic mass is 79.9. The fourth-order valence-corrected chi connectivity index (χ4v) is 6.56. The average molecular weight is 596 g/mol. The number of anilines is 1. The molecule has 37 heavy (non-hydrogen) atoms. The Bertz CT molecular complexity index is 1260. The van der Waals surface area contributed by atoms with Gasteiger partial charge in [-0.2, -0.15) is 0 Å². The molecule has 0 atom stereocenters. The van der Waals surface area contributed by atoms with Gasteiger partial charge in [0.15, 0.2) is 9.84 Å². The number of hydrogen-bond donors (Lipinski definition) is 1. The van der Waals surface area contributed by atoms with Crippen molar-refractivity contribution in [2.24, 2.45) is 0 Å². The number of nitrogens with zero attached hydrogens (tertiary/aromatic N) is 1. The summed E-state index contributed by atoms with van der Waals surface area (Å²) in [7, 11) is -1.99. The average Bonchev–Trinajstić information content (AvgIpc) is 3.60. The molecule has 1 fully saturated rings. The number of hydrogen-bond acceptors (Lipinski definition) is 6. The van der Waals surface area contributed by atoms with Crippen LogP contribution in [0.4, 0.5) is 15.3 Å². The molecule has 2 aromatic rings. The molecule has 1 aliphatic carbocycles. The molecule has 3 rings (SSSR count). The van der Waals surface area contributed by atoms with Crippen LogP contribution in [-0.2, 0) is 32.3 Å². The Morgan fingerprint density at radius 2 is 1.73 bits per heavy atom. The maximum atomic E-state index is 13.0. The summed E-state index contributed by atoms with van der Waals surface area (Å²) in [5, 5.41) is 2.26. The highest BCUT2D eigenvalue weighted by Crippen LogP contribution is 2.36. The van der Waals surface area contributed by atoms with Crippen LogP contribution in [0.1, 0.15) is 55.9 Å². The molecule has 0 saturated heterocycles. The van der Waals surface area contributed by atoms with E-state index < -0.39 is 32.9 Å². The van der Waals surface area contributed by atoms with E-state index in [1.807, 2.05) is 26.0 Å². The summed E-state index contributed by atoms with van der Waals surface area (Å²) in [5.41, 5.74) is 3.44. The van der Waals surface area contributed by atoms with Crippen molar-refractivity contribution in [3.63, 3.8) is 0 Å². The van der Waals surface area contributed by atoms with Crippen molar-refractivity contribution in [1.82, 2.24) is 4.90 Å². The minimum Gasteiger partial charge on any atom is -0.449 e. The van der Waals surface area contributed by atoms with Gasteiger partial charge in [0.1, 0.15) is 5.60 Å². The summed E-state index contributed by atoms with van der Waals surface area (Å²) < 4.78 is 37.9. The molecular weight excluding hydrogens is 560 g/mol. The molecular formula is C27H35BrN2O6S. The van der Waals surface area contributed by atoms with E-state index >= 15 is 0 Å². The normalized spacial score (nSPS) is 13.7. The third-order valence-corrected chi connectivity index (χ3v) is 8.75. The summed E-state index contributed by atoms with van der Waals surface area (Å²) in [6.45, 7) is 9.51. The third kappa shape index (κ3) is 7.95. The summed E-state index contributed by atoms with van der Waals surface area (Å²) >= 11 is 3.48. The van der Waals surface area contributed by atoms with E-state index in [2.05, 4.69) is 21.2 Å². The minimum atomic E-state index is -3.53. The predicted molar refractivity (Wildman–Crippen MR) is 147 cm³/mol. The zero-order valence-electron chi connectivity index (χ0n) is 22.2. The minimum absolute atomic E-state index is 0.00286. The zero-order chi connectivity index (χ0) is 27.5. The van der Waals surface area contributed by atoms with Gasteiger partial charge in [0.05, 0.1) is 23.3 Å². The van der Waals surface area contributed by atoms with E-state index in [0.717, 1.165) is 21.2 Å². The first-order chi connectivity index (χ1) is 17.2. The van der Waals surface area contributed by atoms with Crippen LogP contribution in [0.5, 0.6) is 0 Å². The van der Waals surface area contributed by atoms with E-state index in [-0.39, 0.29) is 18.0 Å². The van der Waals surface area contributed by atoms with Gasteiger partial charge in [-0.05, 0) is 100 Å². The van der Waals surface area contributed by atoms with Crippen molar-refractivity contribution in [2.45, 2.75) is 76.2 Å². The molecule has 1 N–H and O–H groups in total. The number of ether oxygens (including phenoxy) is 2. The van der Waals surface area contributed by atoms with Crippen LogP contribution in [0.25, 0.3) is 0 Å². The molecule has 1 saturated carbocycles. The molecule has 0 aliphatic heterocycles. The first kappa shape index (κ1) is 29.0. The molecule has 0 bridgehead atoms. The van der Waals surface area contributed by atoms with Gasteiger partial charge in [0, 0.05) is 23.6 Å². The highest BCUT2D eigenvalue weighted by Gasteiger charge is 2.38. The summed E-state index contributed by atoms with van der Waals surface area (Å²) in [4.78, 5) is 26.5. The van der Waals surface area contributed by atoms with Crippen molar-refractivity contribution >= 4 is 43.6 Å². The van der Waals surface area contributed by atoms with Crippen molar-refractivity contribution in [2.75, 3.05) is 19.0 Å². The molecule has 2 aromatic carbocycles. The van der Waals surface area contributed by atoms with Crippen LogP contribution in [0.2, 0.25) is 0 Å². The van der Waals surface area contributed by atoms with Crippen LogP contribution >= 0.6 is 15.9 Å². The van der Waals surface area contributed by atoms with Gasteiger partial charge in [-0.25, -0.2) is 18.0 Å². The molecule has 8 nitrogen and oxygen atoms in total. The maximum Gasteiger partial charge on any atom is 0.411 e. The van der Waals surface area contributed by atoms with Gasteiger partial charge in [0.25, 0.3) is 0 Å². The van der Waals surface area contributed by atoms with Crippen molar-refractivity contribution < 1.29 is 27.5 Å². The maximum absolute atomic E-state index is 13.0. The second kappa shape index (κ2) is 11.4. The van der Waals surface area contributed by atoms with Gasteiger partial charge >= 0.3 is 12.2 Å². The number of nitrogens with one attached hydrogen (secondary N) is 1. The van der Waals surface area contributed by atoms with Crippen LogP contribution in [-0.4, -0.2) is 50.0 Å². The first-order valence-electron chi connectivity index (χ1n) is 12.2. The largest absolute Gasteiger partial charge is 0.449 e. The smallest absolute Gasteiger partial charge is 0.411 e. The van der Waals surface area contributed by atoms with Crippen LogP contribution in [0.15, 0.2) is 39.7 Å². The third-order valence-electron chi connectivity index (χ3n) is 5.94. The first-order valence-corrected chi connectivity index (χ1v) is 14.5. The van der Waals surface area contributed by atoms with Crippen LogP contribution in [0.3, 0.4) is 0 Å². The van der Waals surface area contributed by atoms with Crippen molar-refractivity contribution in [1.29, 1.82) is 0 Å². The molecule has 10 heteroatoms. The number of aryl methyl sites for hydroxylation is 2. The number of amides is 2. The van der Waals surface area contributed by atoms with E-state index in [1.54, 1.807) is 33.9 Å². The Balaban J connectivity index is 1.72. The molecule has 0 unspecified atom stereocenters. The lowest BCUT2D eigenvalue weighted by Crippen LogP contribution is -2.34. The molecule has 2 amide bonds. The number of sulfone groups is 1. The van der Waals surface area contributed by atoms with Crippen LogP contribution < -0.4 is 5.32 Å². The molecule has 202 valence electrons. The van der Waals surface area contributed by atoms with Gasteiger partial charge in [-0.15, -0.1) is 0 Å². The van der Waals surface area contributed by atoms with E-state index in [1.165, 1.54) is 17.0 Å². The number of rotatable bonds is 8. The molecule has 0 aromatic heterocycles. The Kier molecular flexibility index (Phi) is 8.95. The number of carbonyl (C=O) groups is 2. The van der Waals surface area contributed by atoms with E-state index in [4.69, 9.17) is 9.47 Å². The van der Waals surface area contributed by atoms with Gasteiger partial charge in [-0.3, -0.25) is 5.32 Å². The lowest BCUT2D eigenvalue weighted by Gasteiger charge is -2.25. The number of benzene rings is 2. The van der Waals surface area contributed by atoms with Gasteiger partial charge in [-0.1, -0.05) is 15.9 Å². The fraction of sp³-hybridized carbons (Fsp3) is 0.481. The fourth-order valence-electron chi connectivity index (χ4n) is 4.01. The lowest BCUT2D eigenvalue weighted by molar-refractivity contribution is 0.0283. The summed E-state index contributed by atoms with van der Waals surface area (Å²) in [6.07, 6.45) is 0.596. The number of halogens is 1. The predicted octanol–water partition coefficient (Wildman–Crippen LogP) is 6.16. The Hall–Kier alpha value is -2.59. The number of carbonyl (C=O) groups excluding carboxylic acids is 2. The topological polar surface area (TPSA) is 102 Å². The summed E-state index contributed by atoms with van der Waals surface area (Å²) in [6, 6.07) is 8.64. The van der Waals surface area contributed by atoms with E-state index in [0.29, 0.717) is 30.5 Å². The Morgan fingerprint density at radius 1 is 1.11 bits per heavy atom. The Labute approximate surface area is 227 Å². The van der Waals surface area contributed by atoms with Gasteiger partial charge in [0.2, 0.25) is 0 Å². The molecule has 1 aliphatic rings.